The van der Waals surface area contributed by atoms with Gasteiger partial charge in [-0.1, -0.05) is 0 Å². The number of dihydropyridines is 1. The number of methoxy groups -OCH3 is 1. The van der Waals surface area contributed by atoms with E-state index in [1.54, 1.807) is 23.1 Å². The Morgan fingerprint density at radius 3 is 2.79 bits per heavy atom. The van der Waals surface area contributed by atoms with Gasteiger partial charge in [0, 0.05) is 28.3 Å². The molecule has 1 aliphatic carbocycles. The number of thiophene rings is 1. The zero-order valence-electron chi connectivity index (χ0n) is 14.3. The number of ether oxygens (including phenoxy) is 1. The first-order valence-electron chi connectivity index (χ1n) is 7.94. The van der Waals surface area contributed by atoms with Crippen LogP contribution in [-0.4, -0.2) is 25.1 Å². The molecule has 0 saturated carbocycles. The van der Waals surface area contributed by atoms with Crippen molar-refractivity contribution in [2.45, 2.75) is 43.2 Å². The monoisotopic (exact) mass is 363 g/mol. The summed E-state index contributed by atoms with van der Waals surface area (Å²) in [7, 11) is 1.39. The fourth-order valence-electron chi connectivity index (χ4n) is 3.55. The Balaban J connectivity index is 2.23. The van der Waals surface area contributed by atoms with Gasteiger partial charge in [-0.05, 0) is 44.6 Å². The van der Waals surface area contributed by atoms with Crippen molar-refractivity contribution in [3.8, 4) is 0 Å². The summed E-state index contributed by atoms with van der Waals surface area (Å²) >= 11 is 3.37. The topological polar surface area (TPSA) is 55.4 Å². The van der Waals surface area contributed by atoms with Gasteiger partial charge >= 0.3 is 5.97 Å². The number of carbonyl (C=O) groups is 2. The molecule has 0 saturated heterocycles. The van der Waals surface area contributed by atoms with Crippen LogP contribution in [0.1, 0.15) is 42.5 Å². The molecule has 4 nitrogen and oxygen atoms in total. The van der Waals surface area contributed by atoms with E-state index in [4.69, 9.17) is 4.74 Å². The highest BCUT2D eigenvalue weighted by molar-refractivity contribution is 8.00. The first-order valence-corrected chi connectivity index (χ1v) is 9.98. The SMILES string of the molecule is COC(=O)C1=C(C)NC2=C(C(=O)CCC2)C1c1cc(C)sc1SC. The standard InChI is InChI=1S/C18H21NO3S2/c1-9-8-11(18(23-4)24-9)15-14(17(21)22-3)10(2)19-12-6-5-7-13(20)16(12)15/h8,15,19H,5-7H2,1-4H3. The van der Waals surface area contributed by atoms with Crippen LogP contribution in [0.4, 0.5) is 0 Å². The molecule has 1 aromatic rings. The first-order chi connectivity index (χ1) is 11.5. The number of hydrogen-bond donors (Lipinski definition) is 1. The number of allylic oxidation sites excluding steroid dienone is 3. The van der Waals surface area contributed by atoms with Gasteiger partial charge in [0.2, 0.25) is 0 Å². The largest absolute Gasteiger partial charge is 0.466 e. The third-order valence-electron chi connectivity index (χ3n) is 4.53. The third-order valence-corrected chi connectivity index (χ3v) is 6.74. The summed E-state index contributed by atoms with van der Waals surface area (Å²) in [6.45, 7) is 3.95. The molecule has 128 valence electrons. The molecule has 0 bridgehead atoms. The van der Waals surface area contributed by atoms with E-state index in [1.165, 1.54) is 12.0 Å². The average Bonchev–Trinajstić information content (AvgIpc) is 2.93. The molecule has 6 heteroatoms. The zero-order chi connectivity index (χ0) is 17.4. The molecule has 1 N–H and O–H groups in total. The minimum Gasteiger partial charge on any atom is -0.466 e. The van der Waals surface area contributed by atoms with Crippen molar-refractivity contribution in [1.29, 1.82) is 0 Å². The molecule has 1 atom stereocenters. The minimum atomic E-state index is -0.370. The molecular formula is C18H21NO3S2. The summed E-state index contributed by atoms with van der Waals surface area (Å²) in [5, 5.41) is 3.29. The van der Waals surface area contributed by atoms with Crippen LogP contribution in [0, 0.1) is 6.92 Å². The molecule has 0 aromatic carbocycles. The second-order valence-electron chi connectivity index (χ2n) is 6.06. The molecule has 1 aliphatic heterocycles. The molecule has 2 aliphatic rings. The van der Waals surface area contributed by atoms with Crippen LogP contribution >= 0.6 is 23.1 Å². The van der Waals surface area contributed by atoms with Crippen LogP contribution < -0.4 is 5.32 Å². The lowest BCUT2D eigenvalue weighted by Gasteiger charge is -2.34. The fraction of sp³-hybridized carbons (Fsp3) is 0.444. The second kappa shape index (κ2) is 6.76. The van der Waals surface area contributed by atoms with Crippen molar-refractivity contribution in [2.75, 3.05) is 13.4 Å². The summed E-state index contributed by atoms with van der Waals surface area (Å²) < 4.78 is 6.18. The quantitative estimate of drug-likeness (QED) is 0.652. The second-order valence-corrected chi connectivity index (χ2v) is 8.39. The predicted octanol–water partition coefficient (Wildman–Crippen LogP) is 3.92. The van der Waals surface area contributed by atoms with Gasteiger partial charge in [0.05, 0.1) is 22.8 Å². The maximum atomic E-state index is 12.7. The average molecular weight is 364 g/mol. The van der Waals surface area contributed by atoms with Crippen molar-refractivity contribution in [1.82, 2.24) is 5.32 Å². The first kappa shape index (κ1) is 17.3. The van der Waals surface area contributed by atoms with Crippen molar-refractivity contribution in [3.63, 3.8) is 0 Å². The van der Waals surface area contributed by atoms with Gasteiger partial charge in [0.1, 0.15) is 0 Å². The van der Waals surface area contributed by atoms with Crippen LogP contribution in [0.3, 0.4) is 0 Å². The van der Waals surface area contributed by atoms with Crippen molar-refractivity contribution >= 4 is 34.9 Å². The molecule has 24 heavy (non-hydrogen) atoms. The van der Waals surface area contributed by atoms with Gasteiger partial charge < -0.3 is 10.1 Å². The highest BCUT2D eigenvalue weighted by Gasteiger charge is 2.40. The number of rotatable bonds is 3. The number of nitrogens with one attached hydrogen (secondary N) is 1. The van der Waals surface area contributed by atoms with Gasteiger partial charge in [-0.25, -0.2) is 4.79 Å². The van der Waals surface area contributed by atoms with E-state index in [0.717, 1.165) is 39.6 Å². The Bertz CT molecular complexity index is 773. The Hall–Kier alpha value is -1.53. The number of hydrogen-bond acceptors (Lipinski definition) is 6. The van der Waals surface area contributed by atoms with E-state index in [0.29, 0.717) is 12.0 Å². The Kier molecular flexibility index (Phi) is 4.88. The van der Waals surface area contributed by atoms with Gasteiger partial charge in [-0.15, -0.1) is 23.1 Å². The molecule has 0 radical (unpaired) electrons. The van der Waals surface area contributed by atoms with E-state index < -0.39 is 0 Å². The summed E-state index contributed by atoms with van der Waals surface area (Å²) in [6, 6.07) is 2.11. The molecule has 0 spiro atoms. The molecule has 0 fully saturated rings. The maximum Gasteiger partial charge on any atom is 0.336 e. The van der Waals surface area contributed by atoms with Crippen molar-refractivity contribution in [2.24, 2.45) is 0 Å². The lowest BCUT2D eigenvalue weighted by Crippen LogP contribution is -2.34. The fourth-order valence-corrected chi connectivity index (χ4v) is 5.46. The lowest BCUT2D eigenvalue weighted by atomic mass is 9.76. The minimum absolute atomic E-state index is 0.138. The molecule has 1 unspecified atom stereocenters. The summed E-state index contributed by atoms with van der Waals surface area (Å²) in [5.41, 5.74) is 4.11. The molecule has 3 rings (SSSR count). The number of ketones is 1. The van der Waals surface area contributed by atoms with Crippen LogP contribution in [0.5, 0.6) is 0 Å². The van der Waals surface area contributed by atoms with E-state index in [1.807, 2.05) is 13.2 Å². The van der Waals surface area contributed by atoms with E-state index >= 15 is 0 Å². The maximum absolute atomic E-state index is 12.7. The van der Waals surface area contributed by atoms with Crippen LogP contribution in [0.15, 0.2) is 32.8 Å². The number of thioether (sulfide) groups is 1. The lowest BCUT2D eigenvalue weighted by molar-refractivity contribution is -0.136. The van der Waals surface area contributed by atoms with E-state index in [9.17, 15) is 9.59 Å². The van der Waals surface area contributed by atoms with Gasteiger partial charge in [-0.3, -0.25) is 4.79 Å². The molecule has 2 heterocycles. The van der Waals surface area contributed by atoms with Gasteiger partial charge in [0.15, 0.2) is 5.78 Å². The van der Waals surface area contributed by atoms with Crippen LogP contribution in [0.2, 0.25) is 0 Å². The van der Waals surface area contributed by atoms with E-state index in [2.05, 4.69) is 18.3 Å². The highest BCUT2D eigenvalue weighted by atomic mass is 32.2. The number of aryl methyl sites for hydroxylation is 1. The molecule has 1 aromatic heterocycles. The van der Waals surface area contributed by atoms with Crippen molar-refractivity contribution < 1.29 is 14.3 Å². The smallest absolute Gasteiger partial charge is 0.336 e. The summed E-state index contributed by atoms with van der Waals surface area (Å²) in [6.07, 6.45) is 4.28. The number of esters is 1. The van der Waals surface area contributed by atoms with Gasteiger partial charge in [-0.2, -0.15) is 0 Å². The summed E-state index contributed by atoms with van der Waals surface area (Å²) in [5.74, 6) is -0.557. The van der Waals surface area contributed by atoms with Crippen LogP contribution in [0.25, 0.3) is 0 Å². The number of carbonyl (C=O) groups excluding carboxylic acids is 2. The Labute approximate surface area is 150 Å². The molecular weight excluding hydrogens is 342 g/mol. The summed E-state index contributed by atoms with van der Waals surface area (Å²) in [4.78, 5) is 26.4. The van der Waals surface area contributed by atoms with E-state index in [-0.39, 0.29) is 17.7 Å². The number of Topliss-reactive ketones (excluding diaryl/α,β-unsaturated/α-hetero) is 1. The normalized spacial score (nSPS) is 20.8. The van der Waals surface area contributed by atoms with Gasteiger partial charge in [0.25, 0.3) is 0 Å². The zero-order valence-corrected chi connectivity index (χ0v) is 16.0. The third kappa shape index (κ3) is 2.82. The van der Waals surface area contributed by atoms with Crippen molar-refractivity contribution in [3.05, 3.63) is 39.0 Å². The highest BCUT2D eigenvalue weighted by Crippen LogP contribution is 2.47. The Morgan fingerprint density at radius 2 is 2.12 bits per heavy atom. The predicted molar refractivity (Wildman–Crippen MR) is 97.3 cm³/mol. The van der Waals surface area contributed by atoms with Crippen LogP contribution in [-0.2, 0) is 14.3 Å². The Morgan fingerprint density at radius 1 is 1.38 bits per heavy atom. The molecule has 0 amide bonds.